The number of nitrogens with one attached hydrogen (secondary N) is 3. The molecule has 5 nitrogen and oxygen atoms in total. The predicted octanol–water partition coefficient (Wildman–Crippen LogP) is 4.00. The van der Waals surface area contributed by atoms with Crippen molar-refractivity contribution in [2.75, 3.05) is 5.32 Å². The highest BCUT2D eigenvalue weighted by molar-refractivity contribution is 7.80. The van der Waals surface area contributed by atoms with Gasteiger partial charge in [-0.3, -0.25) is 14.9 Å². The Kier molecular flexibility index (Phi) is 6.34. The molecule has 2 amide bonds. The van der Waals surface area contributed by atoms with Gasteiger partial charge in [-0.1, -0.05) is 23.7 Å². The lowest BCUT2D eigenvalue weighted by molar-refractivity contribution is 0.0918. The summed E-state index contributed by atoms with van der Waals surface area (Å²) in [5.41, 5.74) is 1.16. The molecule has 0 saturated carbocycles. The van der Waals surface area contributed by atoms with E-state index in [2.05, 4.69) is 16.0 Å². The first-order valence-corrected chi connectivity index (χ1v) is 8.73. The molecule has 0 unspecified atom stereocenters. The van der Waals surface area contributed by atoms with Gasteiger partial charge in [-0.25, -0.2) is 0 Å². The SMILES string of the molecule is CC(C)(C)NC(=O)c1cccc(NC(=S)NC(=O)c2cccc(Cl)c2)c1. The standard InChI is InChI=1S/C19H20ClN3O2S/c1-19(2,3)23-17(25)13-7-5-9-15(11-13)21-18(26)22-16(24)12-6-4-8-14(20)10-12/h4-11H,1-3H3,(H,23,25)(H2,21,22,24,26). The molecule has 0 fully saturated rings. The van der Waals surface area contributed by atoms with Crippen LogP contribution >= 0.6 is 23.8 Å². The van der Waals surface area contributed by atoms with E-state index in [9.17, 15) is 9.59 Å². The van der Waals surface area contributed by atoms with Crippen LogP contribution in [0.1, 0.15) is 41.5 Å². The minimum Gasteiger partial charge on any atom is -0.347 e. The number of anilines is 1. The topological polar surface area (TPSA) is 70.2 Å². The molecule has 0 aromatic heterocycles. The van der Waals surface area contributed by atoms with Crippen molar-refractivity contribution >= 4 is 46.4 Å². The fourth-order valence-corrected chi connectivity index (χ4v) is 2.52. The van der Waals surface area contributed by atoms with E-state index < -0.39 is 0 Å². The van der Waals surface area contributed by atoms with E-state index in [1.807, 2.05) is 20.8 Å². The lowest BCUT2D eigenvalue weighted by Crippen LogP contribution is -2.40. The maximum Gasteiger partial charge on any atom is 0.257 e. The van der Waals surface area contributed by atoms with Crippen LogP contribution in [0.5, 0.6) is 0 Å². The first-order chi connectivity index (χ1) is 12.1. The molecule has 0 bridgehead atoms. The zero-order valence-corrected chi connectivity index (χ0v) is 16.3. The van der Waals surface area contributed by atoms with E-state index in [1.54, 1.807) is 48.5 Å². The number of hydrogen-bond donors (Lipinski definition) is 3. The van der Waals surface area contributed by atoms with E-state index in [-0.39, 0.29) is 22.5 Å². The van der Waals surface area contributed by atoms with Gasteiger partial charge >= 0.3 is 0 Å². The lowest BCUT2D eigenvalue weighted by atomic mass is 10.1. The summed E-state index contributed by atoms with van der Waals surface area (Å²) in [5, 5.41) is 8.97. The molecule has 26 heavy (non-hydrogen) atoms. The van der Waals surface area contributed by atoms with Crippen LogP contribution < -0.4 is 16.0 Å². The Morgan fingerprint density at radius 1 is 0.962 bits per heavy atom. The quantitative estimate of drug-likeness (QED) is 0.694. The zero-order chi connectivity index (χ0) is 19.3. The van der Waals surface area contributed by atoms with Gasteiger partial charge in [0.2, 0.25) is 0 Å². The van der Waals surface area contributed by atoms with E-state index in [0.29, 0.717) is 21.8 Å². The van der Waals surface area contributed by atoms with Crippen LogP contribution in [-0.4, -0.2) is 22.5 Å². The third-order valence-corrected chi connectivity index (χ3v) is 3.62. The molecule has 0 aliphatic carbocycles. The van der Waals surface area contributed by atoms with Crippen molar-refractivity contribution in [2.24, 2.45) is 0 Å². The predicted molar refractivity (Wildman–Crippen MR) is 109 cm³/mol. The first-order valence-electron chi connectivity index (χ1n) is 7.94. The largest absolute Gasteiger partial charge is 0.347 e. The first kappa shape index (κ1) is 19.9. The van der Waals surface area contributed by atoms with Crippen LogP contribution in [0.4, 0.5) is 5.69 Å². The molecule has 0 saturated heterocycles. The molecule has 0 spiro atoms. The van der Waals surface area contributed by atoms with E-state index in [0.717, 1.165) is 0 Å². The van der Waals surface area contributed by atoms with Crippen molar-refractivity contribution in [1.82, 2.24) is 10.6 Å². The second-order valence-electron chi connectivity index (χ2n) is 6.70. The number of carbonyl (C=O) groups excluding carboxylic acids is 2. The molecule has 2 aromatic carbocycles. The highest BCUT2D eigenvalue weighted by Crippen LogP contribution is 2.13. The van der Waals surface area contributed by atoms with Gasteiger partial charge in [0.15, 0.2) is 5.11 Å². The average molecular weight is 390 g/mol. The molecule has 3 N–H and O–H groups in total. The van der Waals surface area contributed by atoms with Gasteiger partial charge in [0.05, 0.1) is 0 Å². The number of hydrogen-bond acceptors (Lipinski definition) is 3. The molecule has 0 aliphatic rings. The normalized spacial score (nSPS) is 10.8. The van der Waals surface area contributed by atoms with Crippen molar-refractivity contribution in [1.29, 1.82) is 0 Å². The Hall–Kier alpha value is -2.44. The molecular formula is C19H20ClN3O2S. The third kappa shape index (κ3) is 6.13. The maximum atomic E-state index is 12.2. The molecule has 0 aliphatic heterocycles. The monoisotopic (exact) mass is 389 g/mol. The molecule has 0 atom stereocenters. The Morgan fingerprint density at radius 3 is 2.19 bits per heavy atom. The summed E-state index contributed by atoms with van der Waals surface area (Å²) in [6.07, 6.45) is 0. The fraction of sp³-hybridized carbons (Fsp3) is 0.211. The highest BCUT2D eigenvalue weighted by Gasteiger charge is 2.15. The molecular weight excluding hydrogens is 370 g/mol. The highest BCUT2D eigenvalue weighted by atomic mass is 35.5. The zero-order valence-electron chi connectivity index (χ0n) is 14.7. The summed E-state index contributed by atoms with van der Waals surface area (Å²) >= 11 is 11.0. The van der Waals surface area contributed by atoms with Crippen molar-refractivity contribution in [2.45, 2.75) is 26.3 Å². The maximum absolute atomic E-state index is 12.2. The van der Waals surface area contributed by atoms with Crippen molar-refractivity contribution in [3.05, 3.63) is 64.7 Å². The molecule has 2 rings (SSSR count). The molecule has 2 aromatic rings. The minimum absolute atomic E-state index is 0.128. The second kappa shape index (κ2) is 8.29. The summed E-state index contributed by atoms with van der Waals surface area (Å²) < 4.78 is 0. The Balaban J connectivity index is 2.02. The van der Waals surface area contributed by atoms with Gasteiger partial charge in [-0.05, 0) is 69.4 Å². The number of thiocarbonyl (C=S) groups is 1. The van der Waals surface area contributed by atoms with Gasteiger partial charge in [0.1, 0.15) is 0 Å². The number of amides is 2. The van der Waals surface area contributed by atoms with Gasteiger partial charge in [-0.15, -0.1) is 0 Å². The summed E-state index contributed by atoms with van der Waals surface area (Å²) in [7, 11) is 0. The van der Waals surface area contributed by atoms with Gasteiger partial charge in [-0.2, -0.15) is 0 Å². The number of carbonyl (C=O) groups is 2. The van der Waals surface area contributed by atoms with Crippen molar-refractivity contribution in [3.8, 4) is 0 Å². The van der Waals surface area contributed by atoms with Crippen LogP contribution in [-0.2, 0) is 0 Å². The molecule has 7 heteroatoms. The van der Waals surface area contributed by atoms with Crippen LogP contribution in [0.15, 0.2) is 48.5 Å². The Morgan fingerprint density at radius 2 is 1.58 bits per heavy atom. The second-order valence-corrected chi connectivity index (χ2v) is 7.55. The van der Waals surface area contributed by atoms with E-state index >= 15 is 0 Å². The average Bonchev–Trinajstić information content (AvgIpc) is 2.53. The summed E-state index contributed by atoms with van der Waals surface area (Å²) in [5.74, 6) is -0.554. The number of benzene rings is 2. The fourth-order valence-electron chi connectivity index (χ4n) is 2.12. The Bertz CT molecular complexity index is 847. The van der Waals surface area contributed by atoms with Gasteiger partial charge < -0.3 is 10.6 Å². The van der Waals surface area contributed by atoms with E-state index in [4.69, 9.17) is 23.8 Å². The van der Waals surface area contributed by atoms with Crippen LogP contribution in [0.3, 0.4) is 0 Å². The van der Waals surface area contributed by atoms with Gasteiger partial charge in [0, 0.05) is 27.4 Å². The number of halogens is 1. The number of rotatable bonds is 3. The van der Waals surface area contributed by atoms with E-state index in [1.165, 1.54) is 0 Å². The van der Waals surface area contributed by atoms with Crippen molar-refractivity contribution < 1.29 is 9.59 Å². The third-order valence-electron chi connectivity index (χ3n) is 3.19. The smallest absolute Gasteiger partial charge is 0.257 e. The van der Waals surface area contributed by atoms with Crippen LogP contribution in [0.2, 0.25) is 5.02 Å². The summed E-state index contributed by atoms with van der Waals surface area (Å²) in [4.78, 5) is 24.4. The minimum atomic E-state index is -0.369. The molecule has 0 heterocycles. The molecule has 136 valence electrons. The Labute approximate surface area is 163 Å². The van der Waals surface area contributed by atoms with Crippen LogP contribution in [0.25, 0.3) is 0 Å². The summed E-state index contributed by atoms with van der Waals surface area (Å²) in [6.45, 7) is 5.73. The molecule has 0 radical (unpaired) electrons. The lowest BCUT2D eigenvalue weighted by Gasteiger charge is -2.20. The van der Waals surface area contributed by atoms with Crippen molar-refractivity contribution in [3.63, 3.8) is 0 Å². The van der Waals surface area contributed by atoms with Crippen LogP contribution in [0, 0.1) is 0 Å². The summed E-state index contributed by atoms with van der Waals surface area (Å²) in [6, 6.07) is 13.4. The van der Waals surface area contributed by atoms with Gasteiger partial charge in [0.25, 0.3) is 11.8 Å².